The van der Waals surface area contributed by atoms with E-state index in [0.717, 1.165) is 4.90 Å². The van der Waals surface area contributed by atoms with Crippen LogP contribution in [0.3, 0.4) is 0 Å². The molecule has 0 spiro atoms. The van der Waals surface area contributed by atoms with Gasteiger partial charge in [0, 0.05) is 22.2 Å². The molecule has 12 heteroatoms. The van der Waals surface area contributed by atoms with Crippen molar-refractivity contribution in [2.75, 3.05) is 4.90 Å². The van der Waals surface area contributed by atoms with Crippen LogP contribution in [0.5, 0.6) is 5.75 Å². The number of barbiturate groups is 1. The fraction of sp³-hybridized carbons (Fsp3) is 0.0417. The summed E-state index contributed by atoms with van der Waals surface area (Å²) in [4.78, 5) is 49.4. The van der Waals surface area contributed by atoms with Crippen molar-refractivity contribution >= 4 is 74.4 Å². The highest BCUT2D eigenvalue weighted by Gasteiger charge is 2.37. The van der Waals surface area contributed by atoms with Crippen molar-refractivity contribution < 1.29 is 24.0 Å². The minimum Gasteiger partial charge on any atom is -0.488 e. The molecule has 0 radical (unpaired) electrons. The molecular weight excluding hydrogens is 577 g/mol. The van der Waals surface area contributed by atoms with Crippen LogP contribution in [0.2, 0.25) is 10.0 Å². The van der Waals surface area contributed by atoms with Gasteiger partial charge in [-0.05, 0) is 60.2 Å². The summed E-state index contributed by atoms with van der Waals surface area (Å²) in [7, 11) is 0. The predicted octanol–water partition coefficient (Wildman–Crippen LogP) is 5.91. The average molecular weight is 591 g/mol. The Kier molecular flexibility index (Phi) is 7.39. The minimum atomic E-state index is -0.926. The molecule has 0 saturated carbocycles. The molecule has 1 heterocycles. The number of benzene rings is 3. The number of non-ortho nitro benzene ring substituents is 1. The van der Waals surface area contributed by atoms with Crippen molar-refractivity contribution in [2.45, 2.75) is 6.61 Å². The number of rotatable bonds is 6. The number of nitrogens with one attached hydrogen (secondary N) is 1. The van der Waals surface area contributed by atoms with Gasteiger partial charge < -0.3 is 4.74 Å². The van der Waals surface area contributed by atoms with Crippen LogP contribution in [-0.2, 0) is 16.2 Å². The van der Waals surface area contributed by atoms with Gasteiger partial charge in [-0.15, -0.1) is 0 Å². The van der Waals surface area contributed by atoms with Gasteiger partial charge in [-0.2, -0.15) is 0 Å². The van der Waals surface area contributed by atoms with Gasteiger partial charge in [-0.1, -0.05) is 39.1 Å². The van der Waals surface area contributed by atoms with E-state index in [0.29, 0.717) is 21.3 Å². The molecule has 3 aromatic carbocycles. The Bertz CT molecular complexity index is 1440. The van der Waals surface area contributed by atoms with Crippen molar-refractivity contribution in [1.82, 2.24) is 5.32 Å². The summed E-state index contributed by atoms with van der Waals surface area (Å²) in [5, 5.41) is 13.4. The number of halogens is 3. The lowest BCUT2D eigenvalue weighted by molar-refractivity contribution is -0.384. The number of hydrogen-bond acceptors (Lipinski definition) is 6. The molecular formula is C24H14BrCl2N3O6. The number of anilines is 1. The Morgan fingerprint density at radius 3 is 2.39 bits per heavy atom. The standard InChI is InChI=1S/C24H14BrCl2N3O6/c25-15-3-8-21(36-12-13-1-4-16(5-2-13)30(34)35)14(9-15)10-18-22(31)28-24(33)29(23(18)32)17-6-7-19(26)20(27)11-17/h1-11H,12H2,(H,28,31,33)/b18-10+. The van der Waals surface area contributed by atoms with Gasteiger partial charge in [0.25, 0.3) is 17.5 Å². The fourth-order valence-electron chi connectivity index (χ4n) is 3.31. The van der Waals surface area contributed by atoms with Crippen LogP contribution < -0.4 is 15.0 Å². The van der Waals surface area contributed by atoms with Crippen LogP contribution in [0.15, 0.2) is 70.7 Å². The van der Waals surface area contributed by atoms with Crippen LogP contribution in [0.1, 0.15) is 11.1 Å². The van der Waals surface area contributed by atoms with E-state index >= 15 is 0 Å². The summed E-state index contributed by atoms with van der Waals surface area (Å²) >= 11 is 15.3. The SMILES string of the molecule is O=C1NC(=O)N(c2ccc(Cl)c(Cl)c2)C(=O)/C1=C/c1cc(Br)ccc1OCc1ccc([N+](=O)[O-])cc1. The van der Waals surface area contributed by atoms with Crippen LogP contribution in [0.4, 0.5) is 16.2 Å². The molecule has 1 fully saturated rings. The van der Waals surface area contributed by atoms with Gasteiger partial charge in [-0.25, -0.2) is 9.69 Å². The topological polar surface area (TPSA) is 119 Å². The molecule has 0 atom stereocenters. The van der Waals surface area contributed by atoms with E-state index in [9.17, 15) is 24.5 Å². The number of imide groups is 2. The van der Waals surface area contributed by atoms with Crippen molar-refractivity contribution in [2.24, 2.45) is 0 Å². The predicted molar refractivity (Wildman–Crippen MR) is 137 cm³/mol. The molecule has 36 heavy (non-hydrogen) atoms. The molecule has 4 amide bonds. The molecule has 1 aliphatic heterocycles. The number of nitro groups is 1. The lowest BCUT2D eigenvalue weighted by Crippen LogP contribution is -2.54. The molecule has 0 bridgehead atoms. The number of carbonyl (C=O) groups is 3. The zero-order valence-corrected chi connectivity index (χ0v) is 21.1. The Morgan fingerprint density at radius 1 is 1.00 bits per heavy atom. The molecule has 3 aromatic rings. The van der Waals surface area contributed by atoms with Gasteiger partial charge in [0.15, 0.2) is 0 Å². The third kappa shape index (κ3) is 5.40. The lowest BCUT2D eigenvalue weighted by atomic mass is 10.1. The Morgan fingerprint density at radius 2 is 1.72 bits per heavy atom. The first-order valence-electron chi connectivity index (χ1n) is 10.2. The fourth-order valence-corrected chi connectivity index (χ4v) is 3.98. The van der Waals surface area contributed by atoms with E-state index in [4.69, 9.17) is 27.9 Å². The number of urea groups is 1. The summed E-state index contributed by atoms with van der Waals surface area (Å²) in [5.74, 6) is -1.39. The number of nitrogens with zero attached hydrogens (tertiary/aromatic N) is 2. The highest BCUT2D eigenvalue weighted by atomic mass is 79.9. The van der Waals surface area contributed by atoms with E-state index in [-0.39, 0.29) is 33.6 Å². The molecule has 1 aliphatic rings. The lowest BCUT2D eigenvalue weighted by Gasteiger charge is -2.26. The summed E-state index contributed by atoms with van der Waals surface area (Å²) in [6.45, 7) is 0.0732. The quantitative estimate of drug-likeness (QED) is 0.165. The highest BCUT2D eigenvalue weighted by Crippen LogP contribution is 2.31. The zero-order chi connectivity index (χ0) is 26.0. The van der Waals surface area contributed by atoms with Crippen LogP contribution in [-0.4, -0.2) is 22.8 Å². The summed E-state index contributed by atoms with van der Waals surface area (Å²) in [6, 6.07) is 14.1. The summed E-state index contributed by atoms with van der Waals surface area (Å²) < 4.78 is 6.51. The molecule has 0 unspecified atom stereocenters. The van der Waals surface area contributed by atoms with Gasteiger partial charge in [0.05, 0.1) is 20.7 Å². The van der Waals surface area contributed by atoms with Gasteiger partial charge in [0.1, 0.15) is 17.9 Å². The molecule has 0 aromatic heterocycles. The summed E-state index contributed by atoms with van der Waals surface area (Å²) in [6.07, 6.45) is 1.31. The van der Waals surface area contributed by atoms with Crippen molar-refractivity contribution in [3.05, 3.63) is 102 Å². The third-order valence-electron chi connectivity index (χ3n) is 5.08. The largest absolute Gasteiger partial charge is 0.488 e. The number of ether oxygens (including phenoxy) is 1. The molecule has 182 valence electrons. The van der Waals surface area contributed by atoms with E-state index in [1.807, 2.05) is 0 Å². The van der Waals surface area contributed by atoms with Crippen molar-refractivity contribution in [3.63, 3.8) is 0 Å². The number of carbonyl (C=O) groups excluding carboxylic acids is 3. The second-order valence-corrected chi connectivity index (χ2v) is 9.18. The highest BCUT2D eigenvalue weighted by molar-refractivity contribution is 9.10. The maximum Gasteiger partial charge on any atom is 0.335 e. The Hall–Kier alpha value is -3.73. The van der Waals surface area contributed by atoms with E-state index in [2.05, 4.69) is 21.2 Å². The first-order chi connectivity index (χ1) is 17.1. The van der Waals surface area contributed by atoms with Gasteiger partial charge in [0.2, 0.25) is 0 Å². The first-order valence-corrected chi connectivity index (χ1v) is 11.7. The van der Waals surface area contributed by atoms with Crippen LogP contribution >= 0.6 is 39.1 Å². The molecule has 1 saturated heterocycles. The summed E-state index contributed by atoms with van der Waals surface area (Å²) in [5.41, 5.74) is 0.835. The number of amides is 4. The molecule has 0 aliphatic carbocycles. The van der Waals surface area contributed by atoms with E-state index in [1.165, 1.54) is 36.4 Å². The maximum absolute atomic E-state index is 13.2. The van der Waals surface area contributed by atoms with Crippen LogP contribution in [0.25, 0.3) is 6.08 Å². The first kappa shape index (κ1) is 25.4. The molecule has 4 rings (SSSR count). The second kappa shape index (κ2) is 10.5. The zero-order valence-electron chi connectivity index (χ0n) is 18.0. The number of hydrogen-bond donors (Lipinski definition) is 1. The van der Waals surface area contributed by atoms with E-state index < -0.39 is 22.8 Å². The Balaban J connectivity index is 1.64. The minimum absolute atomic E-state index is 0.0456. The molecule has 9 nitrogen and oxygen atoms in total. The normalized spacial score (nSPS) is 14.7. The smallest absolute Gasteiger partial charge is 0.335 e. The third-order valence-corrected chi connectivity index (χ3v) is 6.31. The van der Waals surface area contributed by atoms with Gasteiger partial charge in [-0.3, -0.25) is 25.0 Å². The van der Waals surface area contributed by atoms with Crippen molar-refractivity contribution in [1.29, 1.82) is 0 Å². The Labute approximate surface area is 222 Å². The second-order valence-electron chi connectivity index (χ2n) is 7.45. The van der Waals surface area contributed by atoms with E-state index in [1.54, 1.807) is 30.3 Å². The van der Waals surface area contributed by atoms with Crippen molar-refractivity contribution in [3.8, 4) is 5.75 Å². The van der Waals surface area contributed by atoms with Gasteiger partial charge >= 0.3 is 6.03 Å². The average Bonchev–Trinajstić information content (AvgIpc) is 2.83. The molecule has 1 N–H and O–H groups in total. The van der Waals surface area contributed by atoms with Crippen LogP contribution in [0, 0.1) is 10.1 Å². The number of nitro benzene ring substituents is 1. The monoisotopic (exact) mass is 589 g/mol. The maximum atomic E-state index is 13.2.